The molecule has 0 aliphatic carbocycles. The van der Waals surface area contributed by atoms with Gasteiger partial charge in [-0.2, -0.15) is 0 Å². The average molecular weight is 385 g/mol. The van der Waals surface area contributed by atoms with Gasteiger partial charge in [-0.05, 0) is 45.8 Å². The Morgan fingerprint density at radius 2 is 1.92 bits per heavy atom. The highest BCUT2D eigenvalue weighted by Crippen LogP contribution is 2.30. The van der Waals surface area contributed by atoms with Crippen LogP contribution in [0.1, 0.15) is 5.56 Å². The Hall–Kier alpha value is -2.29. The molecule has 1 aromatic heterocycles. The van der Waals surface area contributed by atoms with E-state index in [2.05, 4.69) is 43.7 Å². The number of rotatable bonds is 6. The third-order valence-electron chi connectivity index (χ3n) is 3.78. The number of nitrogens with zero attached hydrogens (tertiary/aromatic N) is 2. The molecule has 0 bridgehead atoms. The SMILES string of the molecule is [C-]#[N+]c1ccc2c(c1)c(Br)cn2Cc1ccc(OCCOC)cc1. The molecule has 1 heterocycles. The second-order valence-electron chi connectivity index (χ2n) is 5.40. The first kappa shape index (κ1) is 16.6. The van der Waals surface area contributed by atoms with E-state index in [0.717, 1.165) is 27.7 Å². The molecule has 0 amide bonds. The monoisotopic (exact) mass is 384 g/mol. The van der Waals surface area contributed by atoms with Crippen LogP contribution in [0.2, 0.25) is 0 Å². The molecule has 0 atom stereocenters. The minimum Gasteiger partial charge on any atom is -0.491 e. The number of ether oxygens (including phenoxy) is 2. The van der Waals surface area contributed by atoms with Crippen molar-refractivity contribution in [1.82, 2.24) is 4.57 Å². The molecule has 0 N–H and O–H groups in total. The normalized spacial score (nSPS) is 10.7. The second-order valence-corrected chi connectivity index (χ2v) is 6.26. The Morgan fingerprint density at radius 1 is 1.12 bits per heavy atom. The Balaban J connectivity index is 1.79. The van der Waals surface area contributed by atoms with Crippen LogP contribution in [0.15, 0.2) is 53.1 Å². The number of fused-ring (bicyclic) bond motifs is 1. The van der Waals surface area contributed by atoms with Crippen molar-refractivity contribution in [3.63, 3.8) is 0 Å². The zero-order valence-corrected chi connectivity index (χ0v) is 14.9. The van der Waals surface area contributed by atoms with Crippen LogP contribution in [0.25, 0.3) is 15.7 Å². The molecule has 24 heavy (non-hydrogen) atoms. The van der Waals surface area contributed by atoms with Crippen molar-refractivity contribution in [2.24, 2.45) is 0 Å². The van der Waals surface area contributed by atoms with Gasteiger partial charge in [-0.1, -0.05) is 18.2 Å². The summed E-state index contributed by atoms with van der Waals surface area (Å²) in [5.41, 5.74) is 2.95. The van der Waals surface area contributed by atoms with Crippen LogP contribution in [0.5, 0.6) is 5.75 Å². The third kappa shape index (κ3) is 3.61. The first-order valence-corrected chi connectivity index (χ1v) is 8.37. The van der Waals surface area contributed by atoms with E-state index in [4.69, 9.17) is 16.0 Å². The highest BCUT2D eigenvalue weighted by Gasteiger charge is 2.08. The predicted octanol–water partition coefficient (Wildman–Crippen LogP) is 5.03. The lowest BCUT2D eigenvalue weighted by Gasteiger charge is -2.08. The van der Waals surface area contributed by atoms with Crippen molar-refractivity contribution in [1.29, 1.82) is 0 Å². The zero-order valence-electron chi connectivity index (χ0n) is 13.3. The van der Waals surface area contributed by atoms with Crippen molar-refractivity contribution in [3.8, 4) is 5.75 Å². The molecule has 0 aliphatic heterocycles. The lowest BCUT2D eigenvalue weighted by molar-refractivity contribution is 0.146. The summed E-state index contributed by atoms with van der Waals surface area (Å²) in [6, 6.07) is 13.8. The van der Waals surface area contributed by atoms with Crippen molar-refractivity contribution in [2.75, 3.05) is 20.3 Å². The quantitative estimate of drug-likeness (QED) is 0.440. The summed E-state index contributed by atoms with van der Waals surface area (Å²) < 4.78 is 13.7. The molecule has 5 heteroatoms. The van der Waals surface area contributed by atoms with E-state index in [9.17, 15) is 0 Å². The highest BCUT2D eigenvalue weighted by atomic mass is 79.9. The first-order chi connectivity index (χ1) is 11.7. The molecule has 0 radical (unpaired) electrons. The molecule has 0 fully saturated rings. The standard InChI is InChI=1S/C19H17BrN2O2/c1-21-15-5-8-19-17(11-15)18(20)13-22(19)12-14-3-6-16(7-4-14)24-10-9-23-2/h3-8,11,13H,9-10,12H2,2H3. The number of methoxy groups -OCH3 is 1. The van der Waals surface area contributed by atoms with Crippen LogP contribution >= 0.6 is 15.9 Å². The van der Waals surface area contributed by atoms with Crippen molar-refractivity contribution in [2.45, 2.75) is 6.54 Å². The molecule has 0 spiro atoms. The van der Waals surface area contributed by atoms with Crippen LogP contribution < -0.4 is 4.74 Å². The van der Waals surface area contributed by atoms with E-state index in [1.165, 1.54) is 5.56 Å². The molecule has 3 aromatic rings. The smallest absolute Gasteiger partial charge is 0.188 e. The van der Waals surface area contributed by atoms with Crippen LogP contribution in [-0.2, 0) is 11.3 Å². The number of hydrogen-bond acceptors (Lipinski definition) is 2. The Labute approximate surface area is 149 Å². The van der Waals surface area contributed by atoms with Gasteiger partial charge in [-0.3, -0.25) is 0 Å². The number of aromatic nitrogens is 1. The summed E-state index contributed by atoms with van der Waals surface area (Å²) in [6.45, 7) is 9.03. The summed E-state index contributed by atoms with van der Waals surface area (Å²) in [5.74, 6) is 0.844. The third-order valence-corrected chi connectivity index (χ3v) is 4.41. The number of benzene rings is 2. The lowest BCUT2D eigenvalue weighted by atomic mass is 10.2. The minimum absolute atomic E-state index is 0.550. The topological polar surface area (TPSA) is 27.8 Å². The van der Waals surface area contributed by atoms with Gasteiger partial charge in [-0.15, -0.1) is 0 Å². The minimum atomic E-state index is 0.550. The molecular formula is C19H17BrN2O2. The lowest BCUT2D eigenvalue weighted by Crippen LogP contribution is -2.04. The van der Waals surface area contributed by atoms with Crippen LogP contribution in [0, 0.1) is 6.57 Å². The summed E-state index contributed by atoms with van der Waals surface area (Å²) in [7, 11) is 1.66. The van der Waals surface area contributed by atoms with Gasteiger partial charge in [0.2, 0.25) is 0 Å². The van der Waals surface area contributed by atoms with Gasteiger partial charge in [0.15, 0.2) is 5.69 Å². The van der Waals surface area contributed by atoms with Gasteiger partial charge < -0.3 is 14.0 Å². The fraction of sp³-hybridized carbons (Fsp3) is 0.211. The molecule has 0 saturated heterocycles. The Kier molecular flexibility index (Phi) is 5.19. The van der Waals surface area contributed by atoms with Gasteiger partial charge in [0, 0.05) is 35.2 Å². The largest absolute Gasteiger partial charge is 0.491 e. The molecule has 0 saturated carbocycles. The van der Waals surface area contributed by atoms with E-state index in [-0.39, 0.29) is 0 Å². The summed E-state index contributed by atoms with van der Waals surface area (Å²) in [6.07, 6.45) is 2.06. The number of hydrogen-bond donors (Lipinski definition) is 0. The van der Waals surface area contributed by atoms with Crippen molar-refractivity contribution in [3.05, 3.63) is 70.1 Å². The van der Waals surface area contributed by atoms with Gasteiger partial charge in [0.25, 0.3) is 0 Å². The average Bonchev–Trinajstić information content (AvgIpc) is 2.92. The second kappa shape index (κ2) is 7.52. The van der Waals surface area contributed by atoms with E-state index in [0.29, 0.717) is 18.9 Å². The van der Waals surface area contributed by atoms with Gasteiger partial charge in [-0.25, -0.2) is 4.85 Å². The summed E-state index contributed by atoms with van der Waals surface area (Å²) in [4.78, 5) is 3.49. The van der Waals surface area contributed by atoms with E-state index in [1.807, 2.05) is 30.3 Å². The van der Waals surface area contributed by atoms with E-state index >= 15 is 0 Å². The first-order valence-electron chi connectivity index (χ1n) is 7.58. The molecular weight excluding hydrogens is 368 g/mol. The highest BCUT2D eigenvalue weighted by molar-refractivity contribution is 9.10. The van der Waals surface area contributed by atoms with Gasteiger partial charge >= 0.3 is 0 Å². The maximum atomic E-state index is 7.14. The fourth-order valence-electron chi connectivity index (χ4n) is 2.57. The van der Waals surface area contributed by atoms with Crippen LogP contribution in [0.3, 0.4) is 0 Å². The van der Waals surface area contributed by atoms with Gasteiger partial charge in [0.05, 0.1) is 13.2 Å². The van der Waals surface area contributed by atoms with E-state index < -0.39 is 0 Å². The van der Waals surface area contributed by atoms with Crippen molar-refractivity contribution >= 4 is 32.5 Å². The molecule has 0 unspecified atom stereocenters. The zero-order chi connectivity index (χ0) is 16.9. The van der Waals surface area contributed by atoms with E-state index in [1.54, 1.807) is 7.11 Å². The fourth-order valence-corrected chi connectivity index (χ4v) is 3.14. The number of halogens is 1. The van der Waals surface area contributed by atoms with Gasteiger partial charge in [0.1, 0.15) is 12.4 Å². The molecule has 0 aliphatic rings. The maximum absolute atomic E-state index is 7.14. The Morgan fingerprint density at radius 3 is 2.62 bits per heavy atom. The molecule has 3 rings (SSSR count). The Bertz CT molecular complexity index is 879. The molecule has 122 valence electrons. The molecule has 2 aromatic carbocycles. The predicted molar refractivity (Wildman–Crippen MR) is 98.8 cm³/mol. The van der Waals surface area contributed by atoms with Crippen molar-refractivity contribution < 1.29 is 9.47 Å². The summed E-state index contributed by atoms with van der Waals surface area (Å²) in [5, 5.41) is 1.06. The maximum Gasteiger partial charge on any atom is 0.188 e. The molecule has 4 nitrogen and oxygen atoms in total. The van der Waals surface area contributed by atoms with Crippen LogP contribution in [-0.4, -0.2) is 24.9 Å². The summed E-state index contributed by atoms with van der Waals surface area (Å²) >= 11 is 3.59. The van der Waals surface area contributed by atoms with Crippen LogP contribution in [0.4, 0.5) is 5.69 Å².